The van der Waals surface area contributed by atoms with Gasteiger partial charge in [-0.2, -0.15) is 15.4 Å². The molecular weight excluding hydrogens is 214 g/mol. The van der Waals surface area contributed by atoms with E-state index >= 15 is 0 Å². The lowest BCUT2D eigenvalue weighted by atomic mass is 10.0. The SMILES string of the molecule is CCc1ccc(CC(NN)c2cn[nH]n2)cc1. The summed E-state index contributed by atoms with van der Waals surface area (Å²) in [5.41, 5.74) is 6.16. The first kappa shape index (κ1) is 11.8. The van der Waals surface area contributed by atoms with Gasteiger partial charge in [-0.25, -0.2) is 0 Å². The Labute approximate surface area is 100 Å². The molecule has 90 valence electrons. The zero-order valence-electron chi connectivity index (χ0n) is 9.85. The summed E-state index contributed by atoms with van der Waals surface area (Å²) in [4.78, 5) is 0. The molecule has 0 radical (unpaired) electrons. The van der Waals surface area contributed by atoms with Crippen LogP contribution in [0.2, 0.25) is 0 Å². The van der Waals surface area contributed by atoms with Gasteiger partial charge in [0, 0.05) is 0 Å². The van der Waals surface area contributed by atoms with E-state index in [2.05, 4.69) is 52.0 Å². The number of hydrogen-bond donors (Lipinski definition) is 3. The Balaban J connectivity index is 2.07. The van der Waals surface area contributed by atoms with E-state index in [4.69, 9.17) is 5.84 Å². The van der Waals surface area contributed by atoms with Crippen LogP contribution in [0.4, 0.5) is 0 Å². The van der Waals surface area contributed by atoms with E-state index in [-0.39, 0.29) is 6.04 Å². The van der Waals surface area contributed by atoms with Crippen LogP contribution in [0.3, 0.4) is 0 Å². The monoisotopic (exact) mass is 231 g/mol. The molecule has 17 heavy (non-hydrogen) atoms. The number of rotatable bonds is 5. The fourth-order valence-electron chi connectivity index (χ4n) is 1.77. The predicted octanol–water partition coefficient (Wildman–Crippen LogP) is 1.11. The summed E-state index contributed by atoms with van der Waals surface area (Å²) in [6, 6.07) is 8.53. The maximum Gasteiger partial charge on any atom is 0.101 e. The molecule has 1 aromatic heterocycles. The van der Waals surface area contributed by atoms with Crippen LogP contribution in [0.25, 0.3) is 0 Å². The third-order valence-electron chi connectivity index (χ3n) is 2.86. The fourth-order valence-corrected chi connectivity index (χ4v) is 1.77. The van der Waals surface area contributed by atoms with Crippen molar-refractivity contribution < 1.29 is 0 Å². The highest BCUT2D eigenvalue weighted by molar-refractivity contribution is 5.24. The van der Waals surface area contributed by atoms with E-state index in [0.717, 1.165) is 18.5 Å². The number of nitrogens with two attached hydrogens (primary N) is 1. The first-order valence-corrected chi connectivity index (χ1v) is 5.73. The van der Waals surface area contributed by atoms with Crippen LogP contribution in [0, 0.1) is 0 Å². The Hall–Kier alpha value is -1.72. The summed E-state index contributed by atoms with van der Waals surface area (Å²) in [6.45, 7) is 2.15. The van der Waals surface area contributed by atoms with Crippen molar-refractivity contribution in [3.05, 3.63) is 47.3 Å². The normalized spacial score (nSPS) is 12.6. The standard InChI is InChI=1S/C12H17N5/c1-2-9-3-5-10(6-4-9)7-11(15-13)12-8-14-17-16-12/h3-6,8,11,15H,2,7,13H2,1H3,(H,14,16,17). The number of hydrogen-bond acceptors (Lipinski definition) is 4. The van der Waals surface area contributed by atoms with Gasteiger partial charge in [-0.05, 0) is 24.0 Å². The fraction of sp³-hybridized carbons (Fsp3) is 0.333. The number of H-pyrrole nitrogens is 1. The summed E-state index contributed by atoms with van der Waals surface area (Å²) in [5, 5.41) is 10.4. The topological polar surface area (TPSA) is 79.6 Å². The maximum absolute atomic E-state index is 5.54. The highest BCUT2D eigenvalue weighted by Gasteiger charge is 2.12. The zero-order chi connectivity index (χ0) is 12.1. The minimum atomic E-state index is -0.0128. The zero-order valence-corrected chi connectivity index (χ0v) is 9.85. The molecule has 4 N–H and O–H groups in total. The van der Waals surface area contributed by atoms with Crippen LogP contribution in [0.15, 0.2) is 30.5 Å². The molecule has 0 amide bonds. The van der Waals surface area contributed by atoms with E-state index in [9.17, 15) is 0 Å². The van der Waals surface area contributed by atoms with Crippen LogP contribution in [0.1, 0.15) is 29.8 Å². The van der Waals surface area contributed by atoms with Gasteiger partial charge >= 0.3 is 0 Å². The van der Waals surface area contributed by atoms with Crippen molar-refractivity contribution in [3.63, 3.8) is 0 Å². The highest BCUT2D eigenvalue weighted by Crippen LogP contribution is 2.15. The molecule has 0 aliphatic rings. The second-order valence-corrected chi connectivity index (χ2v) is 3.99. The number of benzene rings is 1. The van der Waals surface area contributed by atoms with Crippen molar-refractivity contribution in [2.75, 3.05) is 0 Å². The Bertz CT molecular complexity index is 434. The molecule has 1 unspecified atom stereocenters. The average Bonchev–Trinajstić information content (AvgIpc) is 2.90. The van der Waals surface area contributed by atoms with Crippen LogP contribution in [-0.2, 0) is 12.8 Å². The number of aromatic nitrogens is 3. The summed E-state index contributed by atoms with van der Waals surface area (Å²) in [6.07, 6.45) is 3.54. The Kier molecular flexibility index (Phi) is 3.85. The summed E-state index contributed by atoms with van der Waals surface area (Å²) < 4.78 is 0. The van der Waals surface area contributed by atoms with Gasteiger partial charge in [-0.15, -0.1) is 0 Å². The lowest BCUT2D eigenvalue weighted by Gasteiger charge is -2.13. The number of aryl methyl sites for hydroxylation is 1. The van der Waals surface area contributed by atoms with Gasteiger partial charge in [0.2, 0.25) is 0 Å². The smallest absolute Gasteiger partial charge is 0.101 e. The van der Waals surface area contributed by atoms with Crippen molar-refractivity contribution >= 4 is 0 Å². The van der Waals surface area contributed by atoms with E-state index in [1.165, 1.54) is 11.1 Å². The third-order valence-corrected chi connectivity index (χ3v) is 2.86. The van der Waals surface area contributed by atoms with Gasteiger partial charge in [0.1, 0.15) is 5.69 Å². The minimum absolute atomic E-state index is 0.0128. The molecule has 1 aromatic carbocycles. The molecule has 0 spiro atoms. The Morgan fingerprint density at radius 1 is 1.29 bits per heavy atom. The van der Waals surface area contributed by atoms with Crippen molar-refractivity contribution in [1.29, 1.82) is 0 Å². The molecule has 0 aliphatic heterocycles. The average molecular weight is 231 g/mol. The van der Waals surface area contributed by atoms with Crippen LogP contribution in [-0.4, -0.2) is 15.4 Å². The van der Waals surface area contributed by atoms with Gasteiger partial charge in [0.05, 0.1) is 12.2 Å². The number of aromatic amines is 1. The summed E-state index contributed by atoms with van der Waals surface area (Å²) >= 11 is 0. The highest BCUT2D eigenvalue weighted by atomic mass is 15.3. The molecule has 0 aliphatic carbocycles. The lowest BCUT2D eigenvalue weighted by molar-refractivity contribution is 0.537. The van der Waals surface area contributed by atoms with Gasteiger partial charge in [0.25, 0.3) is 0 Å². The number of hydrazine groups is 1. The second-order valence-electron chi connectivity index (χ2n) is 3.99. The molecule has 0 fully saturated rings. The van der Waals surface area contributed by atoms with Crippen molar-refractivity contribution in [1.82, 2.24) is 20.8 Å². The lowest BCUT2D eigenvalue weighted by Crippen LogP contribution is -2.29. The molecule has 0 saturated heterocycles. The third kappa shape index (κ3) is 2.89. The molecular formula is C12H17N5. The molecule has 2 rings (SSSR count). The molecule has 0 saturated carbocycles. The van der Waals surface area contributed by atoms with E-state index in [0.29, 0.717) is 0 Å². The maximum atomic E-state index is 5.54. The van der Waals surface area contributed by atoms with Crippen LogP contribution < -0.4 is 11.3 Å². The van der Waals surface area contributed by atoms with Crippen LogP contribution >= 0.6 is 0 Å². The predicted molar refractivity (Wildman–Crippen MR) is 66.0 cm³/mol. The van der Waals surface area contributed by atoms with Gasteiger partial charge in [0.15, 0.2) is 0 Å². The van der Waals surface area contributed by atoms with E-state index in [1.54, 1.807) is 6.20 Å². The molecule has 5 heteroatoms. The van der Waals surface area contributed by atoms with E-state index in [1.807, 2.05) is 0 Å². The molecule has 1 atom stereocenters. The first-order valence-electron chi connectivity index (χ1n) is 5.73. The van der Waals surface area contributed by atoms with Gasteiger partial charge < -0.3 is 0 Å². The Morgan fingerprint density at radius 2 is 2.00 bits per heavy atom. The minimum Gasteiger partial charge on any atom is -0.271 e. The molecule has 1 heterocycles. The largest absolute Gasteiger partial charge is 0.271 e. The molecule has 0 bridgehead atoms. The van der Waals surface area contributed by atoms with Crippen LogP contribution in [0.5, 0.6) is 0 Å². The molecule has 2 aromatic rings. The Morgan fingerprint density at radius 3 is 2.53 bits per heavy atom. The van der Waals surface area contributed by atoms with Gasteiger partial charge in [-0.3, -0.25) is 11.3 Å². The number of nitrogens with zero attached hydrogens (tertiary/aromatic N) is 2. The van der Waals surface area contributed by atoms with Gasteiger partial charge in [-0.1, -0.05) is 31.2 Å². The second kappa shape index (κ2) is 5.56. The van der Waals surface area contributed by atoms with Crippen molar-refractivity contribution in [3.8, 4) is 0 Å². The van der Waals surface area contributed by atoms with E-state index < -0.39 is 0 Å². The quantitative estimate of drug-likeness (QED) is 0.532. The van der Waals surface area contributed by atoms with Crippen molar-refractivity contribution in [2.24, 2.45) is 5.84 Å². The molecule has 5 nitrogen and oxygen atoms in total. The summed E-state index contributed by atoms with van der Waals surface area (Å²) in [7, 11) is 0. The number of nitrogens with one attached hydrogen (secondary N) is 2. The van der Waals surface area contributed by atoms with Crippen molar-refractivity contribution in [2.45, 2.75) is 25.8 Å². The first-order chi connectivity index (χ1) is 8.33. The summed E-state index contributed by atoms with van der Waals surface area (Å²) in [5.74, 6) is 5.54.